The Labute approximate surface area is 89.5 Å². The maximum atomic E-state index is 11.7. The third kappa shape index (κ3) is 3.27. The van der Waals surface area contributed by atoms with E-state index < -0.39 is 5.41 Å². The Morgan fingerprint density at radius 2 is 1.73 bits per heavy atom. The molecule has 0 aliphatic heterocycles. The lowest BCUT2D eigenvalue weighted by atomic mass is 9.87. The van der Waals surface area contributed by atoms with Crippen molar-refractivity contribution in [3.63, 3.8) is 0 Å². The van der Waals surface area contributed by atoms with Crippen LogP contribution >= 0.6 is 0 Å². The quantitative estimate of drug-likeness (QED) is 0.561. The van der Waals surface area contributed by atoms with Gasteiger partial charge in [0.15, 0.2) is 5.78 Å². The first-order valence-corrected chi connectivity index (χ1v) is 4.88. The van der Waals surface area contributed by atoms with Gasteiger partial charge in [-0.1, -0.05) is 20.8 Å². The fraction of sp³-hybridized carbons (Fsp3) is 0.417. The van der Waals surface area contributed by atoms with Gasteiger partial charge >= 0.3 is 0 Å². The zero-order valence-electron chi connectivity index (χ0n) is 9.28. The molecule has 0 saturated heterocycles. The van der Waals surface area contributed by atoms with E-state index in [0.717, 1.165) is 0 Å². The summed E-state index contributed by atoms with van der Waals surface area (Å²) in [7, 11) is 0. The maximum Gasteiger partial charge on any atom is 0.170 e. The van der Waals surface area contributed by atoms with Gasteiger partial charge in [-0.2, -0.15) is 0 Å². The molecule has 0 aliphatic rings. The molecule has 1 rings (SSSR count). The highest BCUT2D eigenvalue weighted by Crippen LogP contribution is 2.18. The fourth-order valence-corrected chi connectivity index (χ4v) is 1.05. The smallest absolute Gasteiger partial charge is 0.170 e. The number of carbonyl (C=O) groups excluding carboxylic acids is 2. The molecule has 0 spiro atoms. The lowest BCUT2D eigenvalue weighted by Crippen LogP contribution is -2.23. The zero-order valence-corrected chi connectivity index (χ0v) is 9.28. The summed E-state index contributed by atoms with van der Waals surface area (Å²) >= 11 is 0. The molecule has 15 heavy (non-hydrogen) atoms. The van der Waals surface area contributed by atoms with Crippen molar-refractivity contribution < 1.29 is 9.59 Å². The zero-order chi connectivity index (χ0) is 11.5. The Morgan fingerprint density at radius 1 is 1.20 bits per heavy atom. The van der Waals surface area contributed by atoms with Crippen molar-refractivity contribution in [2.45, 2.75) is 27.2 Å². The Morgan fingerprint density at radius 3 is 2.20 bits per heavy atom. The molecule has 1 heterocycles. The topological polar surface area (TPSA) is 47.0 Å². The minimum Gasteiger partial charge on any atom is -0.299 e. The Bertz CT molecular complexity index is 363. The Hall–Kier alpha value is -1.51. The number of pyridine rings is 1. The van der Waals surface area contributed by atoms with E-state index in [1.54, 1.807) is 24.5 Å². The number of carbonyl (C=O) groups is 2. The summed E-state index contributed by atoms with van der Waals surface area (Å²) in [6, 6.07) is 3.25. The molecule has 0 radical (unpaired) electrons. The molecule has 0 aliphatic carbocycles. The van der Waals surface area contributed by atoms with Gasteiger partial charge in [0.05, 0.1) is 6.42 Å². The molecule has 0 aromatic carbocycles. The molecule has 3 nitrogen and oxygen atoms in total. The number of Topliss-reactive ketones (excluding diaryl/α,β-unsaturated/α-hetero) is 2. The molecule has 0 fully saturated rings. The van der Waals surface area contributed by atoms with Crippen molar-refractivity contribution in [3.8, 4) is 0 Å². The van der Waals surface area contributed by atoms with Crippen LogP contribution in [0, 0.1) is 5.41 Å². The van der Waals surface area contributed by atoms with E-state index in [-0.39, 0.29) is 18.0 Å². The number of aromatic nitrogens is 1. The average molecular weight is 205 g/mol. The van der Waals surface area contributed by atoms with Gasteiger partial charge in [-0.25, -0.2) is 0 Å². The fourth-order valence-electron chi connectivity index (χ4n) is 1.05. The van der Waals surface area contributed by atoms with Crippen LogP contribution in [0.4, 0.5) is 0 Å². The minimum absolute atomic E-state index is 0.0342. The van der Waals surface area contributed by atoms with E-state index in [1.807, 2.05) is 20.8 Å². The molecule has 0 N–H and O–H groups in total. The van der Waals surface area contributed by atoms with Crippen LogP contribution in [0.3, 0.4) is 0 Å². The maximum absolute atomic E-state index is 11.7. The van der Waals surface area contributed by atoms with E-state index in [2.05, 4.69) is 4.98 Å². The highest BCUT2D eigenvalue weighted by molar-refractivity contribution is 6.09. The second-order valence-electron chi connectivity index (χ2n) is 4.51. The van der Waals surface area contributed by atoms with Crippen molar-refractivity contribution in [3.05, 3.63) is 30.1 Å². The Balaban J connectivity index is 2.70. The summed E-state index contributed by atoms with van der Waals surface area (Å²) in [4.78, 5) is 27.1. The summed E-state index contributed by atoms with van der Waals surface area (Å²) in [6.07, 6.45) is 3.07. The van der Waals surface area contributed by atoms with Crippen LogP contribution in [-0.4, -0.2) is 16.6 Å². The summed E-state index contributed by atoms with van der Waals surface area (Å²) in [6.45, 7) is 5.44. The number of hydrogen-bond donors (Lipinski definition) is 0. The predicted molar refractivity (Wildman–Crippen MR) is 57.6 cm³/mol. The summed E-state index contributed by atoms with van der Waals surface area (Å²) in [5.74, 6) is -0.179. The molecule has 0 saturated carbocycles. The molecule has 0 amide bonds. The van der Waals surface area contributed by atoms with Gasteiger partial charge < -0.3 is 0 Å². The number of nitrogens with zero attached hydrogens (tertiary/aromatic N) is 1. The van der Waals surface area contributed by atoms with Crippen molar-refractivity contribution in [1.82, 2.24) is 4.98 Å². The normalized spacial score (nSPS) is 11.1. The van der Waals surface area contributed by atoms with Gasteiger partial charge in [-0.3, -0.25) is 14.6 Å². The lowest BCUT2D eigenvalue weighted by Gasteiger charge is -2.15. The van der Waals surface area contributed by atoms with Gasteiger partial charge in [0, 0.05) is 23.4 Å². The van der Waals surface area contributed by atoms with Crippen molar-refractivity contribution >= 4 is 11.6 Å². The molecular weight excluding hydrogens is 190 g/mol. The molecule has 0 bridgehead atoms. The van der Waals surface area contributed by atoms with Gasteiger partial charge in [0.2, 0.25) is 0 Å². The van der Waals surface area contributed by atoms with Crippen LogP contribution in [-0.2, 0) is 4.79 Å². The van der Waals surface area contributed by atoms with Crippen molar-refractivity contribution in [1.29, 1.82) is 0 Å². The SMILES string of the molecule is CC(C)(C)C(=O)CC(=O)c1ccncc1. The molecule has 0 unspecified atom stereocenters. The number of rotatable bonds is 3. The van der Waals surface area contributed by atoms with Crippen LogP contribution in [0.2, 0.25) is 0 Å². The molecule has 80 valence electrons. The second kappa shape index (κ2) is 4.34. The molecule has 1 aromatic heterocycles. The summed E-state index contributed by atoms with van der Waals surface area (Å²) in [5, 5.41) is 0. The van der Waals surface area contributed by atoms with Crippen LogP contribution < -0.4 is 0 Å². The highest BCUT2D eigenvalue weighted by atomic mass is 16.1. The Kier molecular flexibility index (Phi) is 3.35. The summed E-state index contributed by atoms with van der Waals surface area (Å²) in [5.41, 5.74) is 0.0884. The first-order chi connectivity index (χ1) is 6.91. The van der Waals surface area contributed by atoms with E-state index in [4.69, 9.17) is 0 Å². The third-order valence-corrected chi connectivity index (χ3v) is 2.16. The average Bonchev–Trinajstić information content (AvgIpc) is 2.17. The highest BCUT2D eigenvalue weighted by Gasteiger charge is 2.23. The molecular formula is C12H15NO2. The van der Waals surface area contributed by atoms with Crippen LogP contribution in [0.5, 0.6) is 0 Å². The molecule has 3 heteroatoms. The van der Waals surface area contributed by atoms with Crippen LogP contribution in [0.15, 0.2) is 24.5 Å². The van der Waals surface area contributed by atoms with Gasteiger partial charge in [0.1, 0.15) is 5.78 Å². The largest absolute Gasteiger partial charge is 0.299 e. The van der Waals surface area contributed by atoms with Crippen LogP contribution in [0.25, 0.3) is 0 Å². The van der Waals surface area contributed by atoms with E-state index in [0.29, 0.717) is 5.56 Å². The lowest BCUT2D eigenvalue weighted by molar-refractivity contribution is -0.125. The van der Waals surface area contributed by atoms with Crippen molar-refractivity contribution in [2.75, 3.05) is 0 Å². The monoisotopic (exact) mass is 205 g/mol. The molecule has 1 aromatic rings. The van der Waals surface area contributed by atoms with Crippen LogP contribution in [0.1, 0.15) is 37.6 Å². The van der Waals surface area contributed by atoms with E-state index >= 15 is 0 Å². The van der Waals surface area contributed by atoms with Crippen molar-refractivity contribution in [2.24, 2.45) is 5.41 Å². The minimum atomic E-state index is -0.456. The second-order valence-corrected chi connectivity index (χ2v) is 4.51. The van der Waals surface area contributed by atoms with Gasteiger partial charge in [-0.05, 0) is 12.1 Å². The van der Waals surface area contributed by atoms with E-state index in [1.165, 1.54) is 0 Å². The molecule has 0 atom stereocenters. The first-order valence-electron chi connectivity index (χ1n) is 4.88. The number of hydrogen-bond acceptors (Lipinski definition) is 3. The van der Waals surface area contributed by atoms with Gasteiger partial charge in [-0.15, -0.1) is 0 Å². The summed E-state index contributed by atoms with van der Waals surface area (Å²) < 4.78 is 0. The predicted octanol–water partition coefficient (Wildman–Crippen LogP) is 2.27. The standard InChI is InChI=1S/C12H15NO2/c1-12(2,3)11(15)8-10(14)9-4-6-13-7-5-9/h4-7H,8H2,1-3H3. The third-order valence-electron chi connectivity index (χ3n) is 2.16. The first kappa shape index (κ1) is 11.6. The van der Waals surface area contributed by atoms with E-state index in [9.17, 15) is 9.59 Å². The number of ketones is 2. The van der Waals surface area contributed by atoms with Gasteiger partial charge in [0.25, 0.3) is 0 Å².